The number of anilines is 2. The van der Waals surface area contributed by atoms with Crippen molar-refractivity contribution in [3.8, 4) is 5.75 Å². The summed E-state index contributed by atoms with van der Waals surface area (Å²) in [7, 11) is 1.50. The molecule has 7 nitrogen and oxygen atoms in total. The van der Waals surface area contributed by atoms with Crippen LogP contribution >= 0.6 is 22.9 Å². The predicted molar refractivity (Wildman–Crippen MR) is 98.4 cm³/mol. The van der Waals surface area contributed by atoms with E-state index >= 15 is 0 Å². The lowest BCUT2D eigenvalue weighted by Crippen LogP contribution is -2.17. The summed E-state index contributed by atoms with van der Waals surface area (Å²) in [4.78, 5) is 23.9. The Labute approximate surface area is 154 Å². The molecule has 2 N–H and O–H groups in total. The number of benzene rings is 1. The van der Waals surface area contributed by atoms with Gasteiger partial charge >= 0.3 is 0 Å². The fourth-order valence-electron chi connectivity index (χ4n) is 2.02. The zero-order valence-electron chi connectivity index (χ0n) is 14.0. The van der Waals surface area contributed by atoms with Crippen LogP contribution in [0.4, 0.5) is 10.8 Å². The lowest BCUT2D eigenvalue weighted by atomic mass is 10.2. The second kappa shape index (κ2) is 9.33. The molecule has 0 atom stereocenters. The smallest absolute Gasteiger partial charge is 0.226 e. The highest BCUT2D eigenvalue weighted by Gasteiger charge is 2.12. The van der Waals surface area contributed by atoms with Gasteiger partial charge in [-0.3, -0.25) is 9.59 Å². The Bertz CT molecular complexity index is 751. The first-order valence-corrected chi connectivity index (χ1v) is 8.97. The number of aromatic nitrogens is 2. The Morgan fingerprint density at radius 1 is 1.20 bits per heavy atom. The van der Waals surface area contributed by atoms with Crippen LogP contribution in [0.25, 0.3) is 0 Å². The van der Waals surface area contributed by atoms with Crippen molar-refractivity contribution < 1.29 is 14.3 Å². The average molecular weight is 383 g/mol. The summed E-state index contributed by atoms with van der Waals surface area (Å²) in [6.45, 7) is 2.05. The van der Waals surface area contributed by atoms with E-state index in [2.05, 4.69) is 20.8 Å². The van der Waals surface area contributed by atoms with E-state index in [1.807, 2.05) is 6.92 Å². The van der Waals surface area contributed by atoms with Crippen molar-refractivity contribution >= 4 is 45.6 Å². The van der Waals surface area contributed by atoms with Crippen LogP contribution in [0, 0.1) is 0 Å². The Morgan fingerprint density at radius 3 is 2.60 bits per heavy atom. The summed E-state index contributed by atoms with van der Waals surface area (Å²) >= 11 is 7.26. The highest BCUT2D eigenvalue weighted by molar-refractivity contribution is 7.15. The van der Waals surface area contributed by atoms with Gasteiger partial charge in [0.15, 0.2) is 0 Å². The summed E-state index contributed by atoms with van der Waals surface area (Å²) in [6, 6.07) is 4.92. The van der Waals surface area contributed by atoms with Crippen LogP contribution < -0.4 is 15.4 Å². The molecular weight excluding hydrogens is 364 g/mol. The number of carbonyl (C=O) groups excluding carboxylic acids is 2. The van der Waals surface area contributed by atoms with E-state index in [4.69, 9.17) is 16.3 Å². The van der Waals surface area contributed by atoms with E-state index in [-0.39, 0.29) is 24.7 Å². The molecule has 0 saturated heterocycles. The Hall–Kier alpha value is -2.19. The van der Waals surface area contributed by atoms with Gasteiger partial charge in [0.25, 0.3) is 0 Å². The molecule has 0 saturated carbocycles. The minimum Gasteiger partial charge on any atom is -0.495 e. The summed E-state index contributed by atoms with van der Waals surface area (Å²) in [5, 5.41) is 15.0. The predicted octanol–water partition coefficient (Wildman–Crippen LogP) is 3.51. The van der Waals surface area contributed by atoms with E-state index in [0.717, 1.165) is 17.8 Å². The number of rotatable bonds is 8. The van der Waals surface area contributed by atoms with Crippen LogP contribution in [0.2, 0.25) is 5.02 Å². The van der Waals surface area contributed by atoms with E-state index in [1.54, 1.807) is 18.2 Å². The van der Waals surface area contributed by atoms with Crippen molar-refractivity contribution in [2.45, 2.75) is 32.6 Å². The summed E-state index contributed by atoms with van der Waals surface area (Å²) in [5.41, 5.74) is 0.466. The monoisotopic (exact) mass is 382 g/mol. The number of aryl methyl sites for hydroxylation is 1. The first kappa shape index (κ1) is 19.1. The van der Waals surface area contributed by atoms with Crippen molar-refractivity contribution in [2.24, 2.45) is 0 Å². The second-order valence-corrected chi connectivity index (χ2v) is 6.69. The van der Waals surface area contributed by atoms with E-state index < -0.39 is 0 Å². The molecule has 2 rings (SSSR count). The van der Waals surface area contributed by atoms with Crippen LogP contribution in [0.5, 0.6) is 5.75 Å². The summed E-state index contributed by atoms with van der Waals surface area (Å²) < 4.78 is 5.16. The number of methoxy groups -OCH3 is 1. The maximum absolute atomic E-state index is 12.0. The van der Waals surface area contributed by atoms with Gasteiger partial charge in [-0.15, -0.1) is 10.2 Å². The van der Waals surface area contributed by atoms with Crippen LogP contribution in [0.1, 0.15) is 31.2 Å². The first-order valence-electron chi connectivity index (χ1n) is 7.77. The number of nitrogens with zero attached hydrogens (tertiary/aromatic N) is 2. The van der Waals surface area contributed by atoms with E-state index in [0.29, 0.717) is 21.6 Å². The maximum Gasteiger partial charge on any atom is 0.226 e. The van der Waals surface area contributed by atoms with Gasteiger partial charge in [-0.05, 0) is 24.6 Å². The molecule has 0 unspecified atom stereocenters. The largest absolute Gasteiger partial charge is 0.495 e. The van der Waals surface area contributed by atoms with Crippen LogP contribution in [-0.2, 0) is 16.0 Å². The lowest BCUT2D eigenvalue weighted by molar-refractivity contribution is -0.121. The van der Waals surface area contributed by atoms with Crippen molar-refractivity contribution in [1.29, 1.82) is 0 Å². The molecule has 0 aliphatic heterocycles. The number of hydrogen-bond donors (Lipinski definition) is 2. The van der Waals surface area contributed by atoms with Crippen LogP contribution in [-0.4, -0.2) is 29.1 Å². The van der Waals surface area contributed by atoms with Gasteiger partial charge in [0.1, 0.15) is 10.8 Å². The molecule has 0 fully saturated rings. The van der Waals surface area contributed by atoms with Gasteiger partial charge in [-0.2, -0.15) is 0 Å². The fourth-order valence-corrected chi connectivity index (χ4v) is 3.05. The average Bonchev–Trinajstić information content (AvgIpc) is 3.00. The zero-order chi connectivity index (χ0) is 18.2. The third kappa shape index (κ3) is 5.99. The number of halogens is 1. The molecule has 2 amide bonds. The fraction of sp³-hybridized carbons (Fsp3) is 0.375. The van der Waals surface area contributed by atoms with Gasteiger partial charge in [0, 0.05) is 24.3 Å². The number of hydrogen-bond acceptors (Lipinski definition) is 6. The van der Waals surface area contributed by atoms with Gasteiger partial charge in [-0.25, -0.2) is 0 Å². The highest BCUT2D eigenvalue weighted by Crippen LogP contribution is 2.27. The van der Waals surface area contributed by atoms with Crippen molar-refractivity contribution in [3.63, 3.8) is 0 Å². The molecule has 2 aromatic rings. The molecular formula is C16H19ClN4O3S. The normalized spacial score (nSPS) is 10.4. The topological polar surface area (TPSA) is 93.2 Å². The molecule has 0 radical (unpaired) electrons. The number of ether oxygens (including phenoxy) is 1. The molecule has 0 spiro atoms. The highest BCUT2D eigenvalue weighted by atomic mass is 35.5. The van der Waals surface area contributed by atoms with Crippen LogP contribution in [0.15, 0.2) is 18.2 Å². The maximum atomic E-state index is 12.0. The molecule has 25 heavy (non-hydrogen) atoms. The molecule has 1 heterocycles. The molecule has 0 bridgehead atoms. The molecule has 1 aromatic carbocycles. The molecule has 0 aliphatic carbocycles. The quantitative estimate of drug-likeness (QED) is 0.728. The first-order chi connectivity index (χ1) is 12.0. The summed E-state index contributed by atoms with van der Waals surface area (Å²) in [6.07, 6.45) is 1.87. The second-order valence-electron chi connectivity index (χ2n) is 5.19. The van der Waals surface area contributed by atoms with Gasteiger partial charge in [-0.1, -0.05) is 29.9 Å². The molecule has 1 aromatic heterocycles. The van der Waals surface area contributed by atoms with Gasteiger partial charge in [0.05, 0.1) is 12.8 Å². The number of amides is 2. The molecule has 134 valence electrons. The van der Waals surface area contributed by atoms with E-state index in [9.17, 15) is 9.59 Å². The third-order valence-corrected chi connectivity index (χ3v) is 4.33. The Kier molecular flexibility index (Phi) is 7.15. The van der Waals surface area contributed by atoms with Crippen molar-refractivity contribution in [3.05, 3.63) is 28.2 Å². The van der Waals surface area contributed by atoms with Crippen LogP contribution in [0.3, 0.4) is 0 Å². The Morgan fingerprint density at radius 2 is 1.92 bits per heavy atom. The number of nitrogens with one attached hydrogen (secondary N) is 2. The van der Waals surface area contributed by atoms with Crippen molar-refractivity contribution in [2.75, 3.05) is 17.7 Å². The minimum absolute atomic E-state index is 0.0299. The molecule has 9 heteroatoms. The standard InChI is InChI=1S/C16H19ClN4O3S/c1-3-4-15-20-21-16(25-15)19-14(23)8-7-13(22)18-11-9-10(17)5-6-12(11)24-2/h5-6,9H,3-4,7-8H2,1-2H3,(H,18,22)(H,19,21,23). The zero-order valence-corrected chi connectivity index (χ0v) is 15.5. The van der Waals surface area contributed by atoms with Gasteiger partial charge < -0.3 is 15.4 Å². The Balaban J connectivity index is 1.83. The summed E-state index contributed by atoms with van der Waals surface area (Å²) in [5.74, 6) is -0.0911. The molecule has 0 aliphatic rings. The van der Waals surface area contributed by atoms with Gasteiger partial charge in [0.2, 0.25) is 16.9 Å². The SMILES string of the molecule is CCCc1nnc(NC(=O)CCC(=O)Nc2cc(Cl)ccc2OC)s1. The van der Waals surface area contributed by atoms with Crippen molar-refractivity contribution in [1.82, 2.24) is 10.2 Å². The third-order valence-electron chi connectivity index (χ3n) is 3.19. The lowest BCUT2D eigenvalue weighted by Gasteiger charge is -2.10. The number of carbonyl (C=O) groups is 2. The van der Waals surface area contributed by atoms with E-state index in [1.165, 1.54) is 18.4 Å². The minimum atomic E-state index is -0.306.